The van der Waals surface area contributed by atoms with Gasteiger partial charge in [0.2, 0.25) is 0 Å². The molecule has 1 aliphatic carbocycles. The van der Waals surface area contributed by atoms with E-state index in [9.17, 15) is 5.11 Å². The minimum absolute atomic E-state index is 0.328. The Hall–Kier alpha value is -0.160. The average molecular weight is 298 g/mol. The molecule has 1 N–H and O–H groups in total. The van der Waals surface area contributed by atoms with Crippen LogP contribution in [-0.4, -0.2) is 72.5 Å². The third-order valence-electron chi connectivity index (χ3n) is 5.05. The monoisotopic (exact) mass is 298 g/mol. The number of β-amino-alcohol motifs (C(OH)–C–C–N with tert-alkyl or cyclic N) is 1. The molecule has 0 aromatic carbocycles. The summed E-state index contributed by atoms with van der Waals surface area (Å²) in [6.45, 7) is 13.6. The number of aliphatic hydroxyl groups is 1. The SMILES string of the molecule is CC1CCC(O)(CN2CCN(CCOC(C)C)CC2)CC1. The minimum Gasteiger partial charge on any atom is -0.389 e. The van der Waals surface area contributed by atoms with Crippen LogP contribution in [0, 0.1) is 5.92 Å². The Morgan fingerprint density at radius 1 is 1.10 bits per heavy atom. The van der Waals surface area contributed by atoms with E-state index in [1.165, 1.54) is 12.8 Å². The van der Waals surface area contributed by atoms with Crippen molar-refractivity contribution in [1.82, 2.24) is 9.80 Å². The topological polar surface area (TPSA) is 35.9 Å². The van der Waals surface area contributed by atoms with Crippen molar-refractivity contribution in [1.29, 1.82) is 0 Å². The molecule has 0 aromatic rings. The highest BCUT2D eigenvalue weighted by molar-refractivity contribution is 4.88. The van der Waals surface area contributed by atoms with Gasteiger partial charge in [-0.25, -0.2) is 0 Å². The predicted molar refractivity (Wildman–Crippen MR) is 86.5 cm³/mol. The lowest BCUT2D eigenvalue weighted by Gasteiger charge is -2.42. The van der Waals surface area contributed by atoms with E-state index in [4.69, 9.17) is 4.74 Å². The standard InChI is InChI=1S/C17H34N2O2/c1-15(2)21-13-12-18-8-10-19(11-9-18)14-17(20)6-4-16(3)5-7-17/h15-16,20H,4-14H2,1-3H3. The van der Waals surface area contributed by atoms with Crippen molar-refractivity contribution in [3.63, 3.8) is 0 Å². The van der Waals surface area contributed by atoms with Gasteiger partial charge in [-0.3, -0.25) is 9.80 Å². The quantitative estimate of drug-likeness (QED) is 0.813. The summed E-state index contributed by atoms with van der Waals surface area (Å²) in [5.74, 6) is 0.795. The highest BCUT2D eigenvalue weighted by Crippen LogP contribution is 2.32. The molecule has 2 aliphatic rings. The maximum absolute atomic E-state index is 10.7. The Balaban J connectivity index is 1.64. The van der Waals surface area contributed by atoms with Crippen LogP contribution in [0.5, 0.6) is 0 Å². The Morgan fingerprint density at radius 3 is 2.24 bits per heavy atom. The van der Waals surface area contributed by atoms with Crippen LogP contribution in [0.4, 0.5) is 0 Å². The third-order valence-corrected chi connectivity index (χ3v) is 5.05. The summed E-state index contributed by atoms with van der Waals surface area (Å²) in [6.07, 6.45) is 4.66. The molecule has 1 saturated carbocycles. The minimum atomic E-state index is -0.421. The summed E-state index contributed by atoms with van der Waals surface area (Å²) in [5.41, 5.74) is -0.421. The molecule has 0 bridgehead atoms. The largest absolute Gasteiger partial charge is 0.389 e. The fourth-order valence-electron chi connectivity index (χ4n) is 3.46. The number of hydrogen-bond acceptors (Lipinski definition) is 4. The summed E-state index contributed by atoms with van der Waals surface area (Å²) in [5, 5.41) is 10.7. The number of piperazine rings is 1. The second-order valence-electron chi connectivity index (χ2n) is 7.44. The highest BCUT2D eigenvalue weighted by Gasteiger charge is 2.34. The molecule has 1 saturated heterocycles. The van der Waals surface area contributed by atoms with Crippen molar-refractivity contribution >= 4 is 0 Å². The van der Waals surface area contributed by atoms with Crippen LogP contribution < -0.4 is 0 Å². The Bertz CT molecular complexity index is 293. The number of hydrogen-bond donors (Lipinski definition) is 1. The second kappa shape index (κ2) is 7.91. The second-order valence-corrected chi connectivity index (χ2v) is 7.44. The Labute approximate surface area is 130 Å². The molecule has 1 heterocycles. The first-order valence-corrected chi connectivity index (χ1v) is 8.75. The van der Waals surface area contributed by atoms with Gasteiger partial charge >= 0.3 is 0 Å². The van der Waals surface area contributed by atoms with Crippen molar-refractivity contribution in [2.75, 3.05) is 45.9 Å². The van der Waals surface area contributed by atoms with Gasteiger partial charge in [-0.1, -0.05) is 6.92 Å². The molecule has 2 fully saturated rings. The van der Waals surface area contributed by atoms with Crippen molar-refractivity contribution < 1.29 is 9.84 Å². The molecule has 1 aliphatic heterocycles. The van der Waals surface area contributed by atoms with Crippen LogP contribution in [0.15, 0.2) is 0 Å². The molecule has 4 heteroatoms. The fourth-order valence-corrected chi connectivity index (χ4v) is 3.46. The molecular weight excluding hydrogens is 264 g/mol. The lowest BCUT2D eigenvalue weighted by Crippen LogP contribution is -2.53. The molecule has 0 amide bonds. The van der Waals surface area contributed by atoms with Gasteiger partial charge in [0.1, 0.15) is 0 Å². The highest BCUT2D eigenvalue weighted by atomic mass is 16.5. The molecule has 0 atom stereocenters. The first-order chi connectivity index (χ1) is 9.97. The summed E-state index contributed by atoms with van der Waals surface area (Å²) in [4.78, 5) is 4.93. The lowest BCUT2D eigenvalue weighted by molar-refractivity contribution is -0.0450. The Kier molecular flexibility index (Phi) is 6.48. The summed E-state index contributed by atoms with van der Waals surface area (Å²) in [6, 6.07) is 0. The van der Waals surface area contributed by atoms with Gasteiger partial charge in [-0.05, 0) is 45.4 Å². The van der Waals surface area contributed by atoms with Crippen LogP contribution in [-0.2, 0) is 4.74 Å². The lowest BCUT2D eigenvalue weighted by atomic mass is 9.79. The van der Waals surface area contributed by atoms with E-state index in [-0.39, 0.29) is 0 Å². The first kappa shape index (κ1) is 17.2. The molecule has 124 valence electrons. The maximum atomic E-state index is 10.7. The molecular formula is C17H34N2O2. The van der Waals surface area contributed by atoms with Crippen LogP contribution in [0.1, 0.15) is 46.5 Å². The van der Waals surface area contributed by atoms with Crippen LogP contribution in [0.25, 0.3) is 0 Å². The zero-order valence-corrected chi connectivity index (χ0v) is 14.2. The van der Waals surface area contributed by atoms with Crippen LogP contribution >= 0.6 is 0 Å². The van der Waals surface area contributed by atoms with E-state index in [0.29, 0.717) is 6.10 Å². The van der Waals surface area contributed by atoms with Gasteiger partial charge in [0.25, 0.3) is 0 Å². The smallest absolute Gasteiger partial charge is 0.0774 e. The zero-order chi connectivity index (χ0) is 15.3. The van der Waals surface area contributed by atoms with E-state index in [1.807, 2.05) is 0 Å². The molecule has 0 spiro atoms. The van der Waals surface area contributed by atoms with Crippen LogP contribution in [0.3, 0.4) is 0 Å². The van der Waals surface area contributed by atoms with E-state index in [0.717, 1.165) is 64.6 Å². The van der Waals surface area contributed by atoms with Gasteiger partial charge in [0.05, 0.1) is 18.3 Å². The average Bonchev–Trinajstić information content (AvgIpc) is 2.44. The van der Waals surface area contributed by atoms with Gasteiger partial charge in [-0.2, -0.15) is 0 Å². The molecule has 2 rings (SSSR count). The molecule has 4 nitrogen and oxygen atoms in total. The van der Waals surface area contributed by atoms with E-state index in [2.05, 4.69) is 30.6 Å². The van der Waals surface area contributed by atoms with Gasteiger partial charge in [0, 0.05) is 39.3 Å². The first-order valence-electron chi connectivity index (χ1n) is 8.75. The maximum Gasteiger partial charge on any atom is 0.0774 e. The fraction of sp³-hybridized carbons (Fsp3) is 1.00. The molecule has 0 radical (unpaired) electrons. The van der Waals surface area contributed by atoms with Crippen molar-refractivity contribution in [3.05, 3.63) is 0 Å². The number of nitrogens with zero attached hydrogens (tertiary/aromatic N) is 2. The third kappa shape index (κ3) is 5.85. The zero-order valence-electron chi connectivity index (χ0n) is 14.2. The summed E-state index contributed by atoms with van der Waals surface area (Å²) < 4.78 is 5.62. The number of rotatable bonds is 6. The summed E-state index contributed by atoms with van der Waals surface area (Å²) in [7, 11) is 0. The van der Waals surface area contributed by atoms with E-state index in [1.54, 1.807) is 0 Å². The van der Waals surface area contributed by atoms with Gasteiger partial charge in [-0.15, -0.1) is 0 Å². The van der Waals surface area contributed by atoms with Crippen molar-refractivity contribution in [3.8, 4) is 0 Å². The van der Waals surface area contributed by atoms with Gasteiger partial charge in [0.15, 0.2) is 0 Å². The molecule has 0 unspecified atom stereocenters. The number of ether oxygens (including phenoxy) is 1. The molecule has 0 aromatic heterocycles. The van der Waals surface area contributed by atoms with Crippen molar-refractivity contribution in [2.24, 2.45) is 5.92 Å². The van der Waals surface area contributed by atoms with E-state index >= 15 is 0 Å². The predicted octanol–water partition coefficient (Wildman–Crippen LogP) is 1.97. The van der Waals surface area contributed by atoms with Gasteiger partial charge < -0.3 is 9.84 Å². The Morgan fingerprint density at radius 2 is 1.67 bits per heavy atom. The summed E-state index contributed by atoms with van der Waals surface area (Å²) >= 11 is 0. The molecule has 21 heavy (non-hydrogen) atoms. The van der Waals surface area contributed by atoms with E-state index < -0.39 is 5.60 Å². The normalized spacial score (nSPS) is 32.7. The van der Waals surface area contributed by atoms with Crippen molar-refractivity contribution in [2.45, 2.75) is 58.2 Å². The van der Waals surface area contributed by atoms with Crippen LogP contribution in [0.2, 0.25) is 0 Å².